The number of hydrogen-bond acceptors (Lipinski definition) is 15. The lowest BCUT2D eigenvalue weighted by atomic mass is 10.1. The molecule has 12 N–H and O–H groups in total. The van der Waals surface area contributed by atoms with Crippen LogP contribution in [0.3, 0.4) is 0 Å². The molecule has 25 nitrogen and oxygen atoms in total. The van der Waals surface area contributed by atoms with Crippen molar-refractivity contribution in [3.05, 3.63) is 118 Å². The molecule has 4 rings (SSSR count). The third-order valence-corrected chi connectivity index (χ3v) is 14.4. The molecule has 1 atom stereocenters. The minimum atomic E-state index is -3.95. The average Bonchev–Trinajstić information content (AvgIpc) is 1.90. The van der Waals surface area contributed by atoms with Crippen LogP contribution in [0.15, 0.2) is 104 Å². The Morgan fingerprint density at radius 2 is 0.854 bits per heavy atom. The van der Waals surface area contributed by atoms with E-state index in [1.807, 2.05) is 0 Å². The van der Waals surface area contributed by atoms with E-state index in [1.54, 1.807) is 0 Å². The van der Waals surface area contributed by atoms with Crippen molar-refractivity contribution in [3.8, 4) is 23.0 Å². The van der Waals surface area contributed by atoms with Gasteiger partial charge in [-0.1, -0.05) is 12.8 Å². The fourth-order valence-corrected chi connectivity index (χ4v) is 9.27. The van der Waals surface area contributed by atoms with Crippen LogP contribution in [-0.2, 0) is 68.6 Å². The second-order valence-corrected chi connectivity index (χ2v) is 22.0. The van der Waals surface area contributed by atoms with Crippen LogP contribution in [0, 0.1) is 23.3 Å². The van der Waals surface area contributed by atoms with Crippen LogP contribution in [0.5, 0.6) is 23.0 Å². The summed E-state index contributed by atoms with van der Waals surface area (Å²) in [5, 5.41) is 5.62. The highest BCUT2D eigenvalue weighted by atomic mass is 32.2. The number of guanidine groups is 2. The van der Waals surface area contributed by atoms with E-state index in [4.69, 9.17) is 60.8 Å². The van der Waals surface area contributed by atoms with Crippen molar-refractivity contribution in [1.29, 1.82) is 0 Å². The predicted octanol–water partition coefficient (Wildman–Crippen LogP) is 4.50. The van der Waals surface area contributed by atoms with Crippen molar-refractivity contribution in [2.75, 3.05) is 105 Å². The Morgan fingerprint density at radius 1 is 0.506 bits per heavy atom. The zero-order valence-corrected chi connectivity index (χ0v) is 50.9. The Labute approximate surface area is 515 Å². The second-order valence-electron chi connectivity index (χ2n) is 19.0. The Bertz CT molecular complexity index is 3140. The number of carbonyl (C=O) groups is 4. The Hall–Kier alpha value is -7.72. The number of nitrogens with two attached hydrogens (primary N) is 4. The molecule has 1 unspecified atom stereocenters. The number of carbonyl (C=O) groups excluding carboxylic acids is 4. The predicted molar refractivity (Wildman–Crippen MR) is 323 cm³/mol. The summed E-state index contributed by atoms with van der Waals surface area (Å²) in [7, 11) is -5.55. The summed E-state index contributed by atoms with van der Waals surface area (Å²) < 4.78 is 146. The first-order chi connectivity index (χ1) is 42.6. The molecule has 89 heavy (non-hydrogen) atoms. The van der Waals surface area contributed by atoms with Gasteiger partial charge in [0.1, 0.15) is 22.5 Å². The summed E-state index contributed by atoms with van der Waals surface area (Å²) in [6.07, 6.45) is 6.13. The van der Waals surface area contributed by atoms with Crippen molar-refractivity contribution < 1.29 is 87.3 Å². The van der Waals surface area contributed by atoms with Crippen molar-refractivity contribution in [2.45, 2.75) is 62.2 Å². The molecule has 4 amide bonds. The quantitative estimate of drug-likeness (QED) is 0.00994. The average molecular weight is 1290 g/mol. The molecule has 4 aromatic carbocycles. The molecule has 0 radical (unpaired) electrons. The van der Waals surface area contributed by atoms with E-state index in [0.717, 1.165) is 37.1 Å². The van der Waals surface area contributed by atoms with Crippen LogP contribution >= 0.6 is 0 Å². The number of benzene rings is 4. The van der Waals surface area contributed by atoms with Crippen molar-refractivity contribution >= 4 is 68.7 Å². The van der Waals surface area contributed by atoms with Gasteiger partial charge in [-0.15, -0.1) is 0 Å². The molecule has 31 heteroatoms. The van der Waals surface area contributed by atoms with Crippen LogP contribution in [0.25, 0.3) is 12.2 Å². The highest BCUT2D eigenvalue weighted by Crippen LogP contribution is 2.32. The van der Waals surface area contributed by atoms with Crippen LogP contribution < -0.4 is 52.5 Å². The standard InChI is InChI=1S/C58H76F4N10O15S2/c1-39(55(75)71-57(63)64)33-41-35-47(59)53(48(60)36-41)86-43-9-13-45(14-10-43)88(77)69-19-23-82-27-31-84-29-25-80-21-17-67-51(73)7-5-3-4-6-8-52(74)68-18-22-81-26-30-85-32-28-83-24-20-70-89(78,79)46-15-11-44(12-16-46)87-54-49(61)37-42(38-50(54)62)34-40(2)56(76)72-58(65)66/h9-16,33-38,69-70H,3-8,17-32H2,1-2H3,(H,67,73)(H,68,74)(H4,63,64,71,75)(H4,65,66,72,76)/b39-33+,40-34+. The van der Waals surface area contributed by atoms with Gasteiger partial charge in [0.2, 0.25) is 21.8 Å². The van der Waals surface area contributed by atoms with E-state index in [0.29, 0.717) is 89.9 Å². The second kappa shape index (κ2) is 40.7. The molecule has 0 saturated carbocycles. The van der Waals surface area contributed by atoms with E-state index in [9.17, 15) is 49.4 Å². The summed E-state index contributed by atoms with van der Waals surface area (Å²) in [5.41, 5.74) is 20.9. The summed E-state index contributed by atoms with van der Waals surface area (Å²) >= 11 is 0. The zero-order valence-electron chi connectivity index (χ0n) is 49.3. The largest absolute Gasteiger partial charge is 0.451 e. The third kappa shape index (κ3) is 29.9. The minimum absolute atomic E-state index is 0.0123. The molecule has 0 fully saturated rings. The molecular weight excluding hydrogens is 1220 g/mol. The minimum Gasteiger partial charge on any atom is -0.451 e. The lowest BCUT2D eigenvalue weighted by molar-refractivity contribution is -0.122. The fourth-order valence-electron chi connectivity index (χ4n) is 7.44. The SMILES string of the molecule is C/C(=C\c1cc(F)c(Oc2ccc(S(=O)NCCOCCOCCOCCNC(=O)CCCCCCC(=O)NCCOCCOCCOCCNS(=O)(=O)c3ccc(Oc4c(F)cc(/C=C(\C)C(=O)N=C(N)N)cc4F)cc3)cc2)c(F)c1)C(=O)N=C(N)N. The third-order valence-electron chi connectivity index (χ3n) is 11.8. The van der Waals surface area contributed by atoms with E-state index in [2.05, 4.69) is 30.1 Å². The van der Waals surface area contributed by atoms with Crippen LogP contribution in [0.2, 0.25) is 0 Å². The summed E-state index contributed by atoms with van der Waals surface area (Å²) in [6.45, 7) is 6.86. The monoisotopic (exact) mass is 1290 g/mol. The van der Waals surface area contributed by atoms with Crippen molar-refractivity contribution in [3.63, 3.8) is 0 Å². The molecule has 0 aliphatic rings. The molecule has 0 aliphatic heterocycles. The number of halogens is 4. The molecule has 0 spiro atoms. The lowest BCUT2D eigenvalue weighted by Gasteiger charge is -2.11. The smallest absolute Gasteiger partial charge is 0.275 e. The molecule has 0 heterocycles. The van der Waals surface area contributed by atoms with Gasteiger partial charge in [-0.05, 0) is 123 Å². The molecule has 488 valence electrons. The fraction of sp³-hybridized carbons (Fsp3) is 0.414. The van der Waals surface area contributed by atoms with Crippen LogP contribution in [0.1, 0.15) is 63.5 Å². The van der Waals surface area contributed by atoms with Crippen LogP contribution in [0.4, 0.5) is 17.6 Å². The summed E-state index contributed by atoms with van der Waals surface area (Å²) in [5.74, 6) is -8.14. The van der Waals surface area contributed by atoms with Crippen molar-refractivity contribution in [2.24, 2.45) is 32.9 Å². The van der Waals surface area contributed by atoms with Gasteiger partial charge in [-0.25, -0.2) is 39.6 Å². The highest BCUT2D eigenvalue weighted by Gasteiger charge is 2.19. The van der Waals surface area contributed by atoms with Gasteiger partial charge in [-0.3, -0.25) is 19.2 Å². The maximum absolute atomic E-state index is 14.8. The summed E-state index contributed by atoms with van der Waals surface area (Å²) in [6, 6.07) is 14.5. The molecule has 0 aliphatic carbocycles. The molecule has 4 aromatic rings. The Kier molecular flexibility index (Phi) is 33.8. The maximum Gasteiger partial charge on any atom is 0.275 e. The van der Waals surface area contributed by atoms with E-state index < -0.39 is 79.5 Å². The first-order valence-corrected chi connectivity index (χ1v) is 30.6. The highest BCUT2D eigenvalue weighted by molar-refractivity contribution is 7.89. The van der Waals surface area contributed by atoms with Gasteiger partial charge in [0.25, 0.3) is 11.8 Å². The molecule has 0 bridgehead atoms. The lowest BCUT2D eigenvalue weighted by Crippen LogP contribution is -2.28. The van der Waals surface area contributed by atoms with Gasteiger partial charge < -0.3 is 71.5 Å². The van der Waals surface area contributed by atoms with E-state index >= 15 is 0 Å². The van der Waals surface area contributed by atoms with Gasteiger partial charge in [-0.2, -0.15) is 9.98 Å². The molecule has 0 aromatic heterocycles. The molecular formula is C58H76F4N10O15S2. The first kappa shape index (κ1) is 73.7. The number of aliphatic imine (C=N–C) groups is 2. The Morgan fingerprint density at radius 3 is 1.24 bits per heavy atom. The number of nitrogens with zero attached hydrogens (tertiary/aromatic N) is 2. The maximum atomic E-state index is 14.8. The Balaban J connectivity index is 0.882. The zero-order chi connectivity index (χ0) is 65.0. The first-order valence-electron chi connectivity index (χ1n) is 27.9. The number of rotatable bonds is 43. The normalized spacial score (nSPS) is 12.1. The number of hydrogen-bond donors (Lipinski definition) is 8. The van der Waals surface area contributed by atoms with Gasteiger partial charge >= 0.3 is 0 Å². The van der Waals surface area contributed by atoms with E-state index in [1.165, 1.54) is 74.5 Å². The van der Waals surface area contributed by atoms with Gasteiger partial charge in [0.15, 0.2) is 46.7 Å². The number of sulfonamides is 1. The topological polar surface area (TPSA) is 370 Å². The van der Waals surface area contributed by atoms with Crippen molar-refractivity contribution in [1.82, 2.24) is 20.1 Å². The van der Waals surface area contributed by atoms with E-state index in [-0.39, 0.29) is 96.6 Å². The number of nitrogens with one attached hydrogen (secondary N) is 4. The van der Waals surface area contributed by atoms with Gasteiger partial charge in [0, 0.05) is 50.2 Å². The summed E-state index contributed by atoms with van der Waals surface area (Å²) in [4.78, 5) is 55.2. The van der Waals surface area contributed by atoms with Crippen LogP contribution in [-0.4, -0.2) is 154 Å². The number of ether oxygens (including phenoxy) is 8. The number of unbranched alkanes of at least 4 members (excludes halogenated alkanes) is 3. The van der Waals surface area contributed by atoms with Gasteiger partial charge in [0.05, 0.1) is 89.1 Å². The number of amides is 4. The molecule has 0 saturated heterocycles.